The van der Waals surface area contributed by atoms with Crippen LogP contribution in [-0.4, -0.2) is 50.6 Å². The Labute approximate surface area is 254 Å². The first-order valence-electron chi connectivity index (χ1n) is 13.8. The minimum absolute atomic E-state index is 0.0500. The van der Waals surface area contributed by atoms with Crippen LogP contribution in [0.1, 0.15) is 46.9 Å². The van der Waals surface area contributed by atoms with Gasteiger partial charge in [-0.25, -0.2) is 0 Å². The maximum Gasteiger partial charge on any atom is 0.312 e. The van der Waals surface area contributed by atoms with E-state index >= 15 is 0 Å². The number of ether oxygens (including phenoxy) is 6. The van der Waals surface area contributed by atoms with Gasteiger partial charge in [0.05, 0.1) is 41.3 Å². The van der Waals surface area contributed by atoms with Crippen molar-refractivity contribution < 1.29 is 48.2 Å². The van der Waals surface area contributed by atoms with Crippen molar-refractivity contribution in [3.8, 4) is 46.0 Å². The fourth-order valence-corrected chi connectivity index (χ4v) is 5.36. The molecule has 0 aliphatic carbocycles. The van der Waals surface area contributed by atoms with Gasteiger partial charge in [0, 0.05) is 35.1 Å². The standard InChI is InChI=1S/2C17H16O5/c2*1-20-11-4-5-12-13(9-17(19)22-16(12)8-11)10-3-6-15(21-2)14(18)7-10/h2*3-8,13,18H,9H2,1-2H3/t2*13-/m10/s1. The van der Waals surface area contributed by atoms with Crippen LogP contribution in [0.5, 0.6) is 46.0 Å². The number of benzene rings is 4. The first-order chi connectivity index (χ1) is 21.2. The number of carbonyl (C=O) groups excluding carboxylic acids is 2. The van der Waals surface area contributed by atoms with Crippen LogP contribution in [0.3, 0.4) is 0 Å². The summed E-state index contributed by atoms with van der Waals surface area (Å²) in [5.41, 5.74) is 3.46. The van der Waals surface area contributed by atoms with Crippen molar-refractivity contribution in [3.63, 3.8) is 0 Å². The molecule has 4 aromatic carbocycles. The van der Waals surface area contributed by atoms with Crippen LogP contribution in [-0.2, 0) is 9.59 Å². The van der Waals surface area contributed by atoms with Gasteiger partial charge in [0.2, 0.25) is 0 Å². The fraction of sp³-hybridized carbons (Fsp3) is 0.235. The van der Waals surface area contributed by atoms with E-state index in [0.717, 1.165) is 22.3 Å². The van der Waals surface area contributed by atoms with Crippen molar-refractivity contribution in [2.75, 3.05) is 28.4 Å². The van der Waals surface area contributed by atoms with E-state index in [-0.39, 0.29) is 48.1 Å². The summed E-state index contributed by atoms with van der Waals surface area (Å²) >= 11 is 0. The maximum absolute atomic E-state index is 11.9. The van der Waals surface area contributed by atoms with Crippen LogP contribution in [0, 0.1) is 0 Å². The summed E-state index contributed by atoms with van der Waals surface area (Å²) in [7, 11) is 6.11. The SMILES string of the molecule is COc1ccc2c(c1)OC(=O)C[C@@H]2c1ccc(OC)c(O)c1.COc1ccc2c(c1)OC(=O)C[C@H]2c1ccc(OC)c(O)c1. The summed E-state index contributed by atoms with van der Waals surface area (Å²) < 4.78 is 31.0. The highest BCUT2D eigenvalue weighted by Gasteiger charge is 2.30. The number of aromatic hydroxyl groups is 2. The van der Waals surface area contributed by atoms with E-state index in [0.29, 0.717) is 34.5 Å². The van der Waals surface area contributed by atoms with Gasteiger partial charge < -0.3 is 38.6 Å². The van der Waals surface area contributed by atoms with Crippen molar-refractivity contribution in [3.05, 3.63) is 95.1 Å². The third-order valence-corrected chi connectivity index (χ3v) is 7.59. The van der Waals surface area contributed by atoms with Crippen molar-refractivity contribution >= 4 is 11.9 Å². The van der Waals surface area contributed by atoms with E-state index in [1.54, 1.807) is 50.6 Å². The van der Waals surface area contributed by atoms with E-state index in [1.165, 1.54) is 14.2 Å². The molecule has 0 fully saturated rings. The Morgan fingerprint density at radius 2 is 0.977 bits per heavy atom. The highest BCUT2D eigenvalue weighted by Crippen LogP contribution is 2.43. The molecule has 0 unspecified atom stereocenters. The van der Waals surface area contributed by atoms with Crippen LogP contribution >= 0.6 is 0 Å². The Bertz CT molecular complexity index is 1570. The molecule has 228 valence electrons. The molecular formula is C34H32O10. The van der Waals surface area contributed by atoms with Gasteiger partial charge in [-0.05, 0) is 47.5 Å². The van der Waals surface area contributed by atoms with E-state index < -0.39 is 0 Å². The second kappa shape index (κ2) is 12.9. The third kappa shape index (κ3) is 6.19. The van der Waals surface area contributed by atoms with E-state index in [9.17, 15) is 19.8 Å². The average molecular weight is 601 g/mol. The second-order valence-electron chi connectivity index (χ2n) is 10.1. The van der Waals surface area contributed by atoms with Crippen LogP contribution in [0.25, 0.3) is 0 Å². The molecule has 0 radical (unpaired) electrons. The number of rotatable bonds is 6. The van der Waals surface area contributed by atoms with Gasteiger partial charge in [-0.1, -0.05) is 24.3 Å². The summed E-state index contributed by atoms with van der Waals surface area (Å²) in [5, 5.41) is 19.9. The molecule has 10 nitrogen and oxygen atoms in total. The minimum Gasteiger partial charge on any atom is -0.504 e. The Morgan fingerprint density at radius 3 is 1.32 bits per heavy atom. The Hall–Kier alpha value is -5.38. The van der Waals surface area contributed by atoms with Crippen molar-refractivity contribution in [2.45, 2.75) is 24.7 Å². The predicted molar refractivity (Wildman–Crippen MR) is 159 cm³/mol. The number of methoxy groups -OCH3 is 4. The van der Waals surface area contributed by atoms with Crippen LogP contribution in [0.4, 0.5) is 0 Å². The first kappa shape index (κ1) is 30.1. The molecule has 10 heteroatoms. The van der Waals surface area contributed by atoms with Gasteiger partial charge in [0.25, 0.3) is 0 Å². The zero-order valence-corrected chi connectivity index (χ0v) is 24.7. The number of phenolic OH excluding ortho intramolecular Hbond substituents is 2. The molecule has 0 aromatic heterocycles. The normalized spacial score (nSPS) is 16.6. The van der Waals surface area contributed by atoms with Crippen molar-refractivity contribution in [2.24, 2.45) is 0 Å². The molecule has 0 spiro atoms. The molecule has 4 aromatic rings. The summed E-state index contributed by atoms with van der Waals surface area (Å²) in [6.07, 6.45) is 0.455. The van der Waals surface area contributed by atoms with Crippen LogP contribution in [0.15, 0.2) is 72.8 Å². The Morgan fingerprint density at radius 1 is 0.568 bits per heavy atom. The number of hydrogen-bond acceptors (Lipinski definition) is 10. The third-order valence-electron chi connectivity index (χ3n) is 7.59. The lowest BCUT2D eigenvalue weighted by atomic mass is 9.86. The van der Waals surface area contributed by atoms with E-state index in [4.69, 9.17) is 28.4 Å². The van der Waals surface area contributed by atoms with Crippen molar-refractivity contribution in [1.29, 1.82) is 0 Å². The average Bonchev–Trinajstić information content (AvgIpc) is 3.03. The second-order valence-corrected chi connectivity index (χ2v) is 10.1. The number of hydrogen-bond donors (Lipinski definition) is 2. The summed E-state index contributed by atoms with van der Waals surface area (Å²) in [5.74, 6) is 2.21. The highest BCUT2D eigenvalue weighted by molar-refractivity contribution is 5.79. The summed E-state index contributed by atoms with van der Waals surface area (Å²) in [6, 6.07) is 21.1. The lowest BCUT2D eigenvalue weighted by Gasteiger charge is -2.25. The molecule has 2 aliphatic rings. The van der Waals surface area contributed by atoms with Gasteiger partial charge in [0.1, 0.15) is 23.0 Å². The maximum atomic E-state index is 11.9. The highest BCUT2D eigenvalue weighted by atomic mass is 16.5. The number of carbonyl (C=O) groups is 2. The summed E-state index contributed by atoms with van der Waals surface area (Å²) in [6.45, 7) is 0. The molecule has 2 N–H and O–H groups in total. The van der Waals surface area contributed by atoms with Gasteiger partial charge in [0.15, 0.2) is 23.0 Å². The molecule has 2 atom stereocenters. The molecule has 2 heterocycles. The quantitative estimate of drug-likeness (QED) is 0.210. The Balaban J connectivity index is 0.000000175. The zero-order chi connectivity index (χ0) is 31.4. The van der Waals surface area contributed by atoms with Crippen molar-refractivity contribution in [1.82, 2.24) is 0 Å². The summed E-state index contributed by atoms with van der Waals surface area (Å²) in [4.78, 5) is 23.7. The first-order valence-corrected chi connectivity index (χ1v) is 13.8. The predicted octanol–water partition coefficient (Wildman–Crippen LogP) is 5.70. The lowest BCUT2D eigenvalue weighted by Crippen LogP contribution is -2.21. The molecular weight excluding hydrogens is 568 g/mol. The van der Waals surface area contributed by atoms with E-state index in [2.05, 4.69) is 0 Å². The van der Waals surface area contributed by atoms with E-state index in [1.807, 2.05) is 36.4 Å². The number of fused-ring (bicyclic) bond motifs is 2. The zero-order valence-electron chi connectivity index (χ0n) is 24.7. The molecule has 0 saturated heterocycles. The topological polar surface area (TPSA) is 130 Å². The van der Waals surface area contributed by atoms with Gasteiger partial charge in [-0.2, -0.15) is 0 Å². The fourth-order valence-electron chi connectivity index (χ4n) is 5.36. The minimum atomic E-state index is -0.305. The smallest absolute Gasteiger partial charge is 0.312 e. The lowest BCUT2D eigenvalue weighted by molar-refractivity contribution is -0.136. The number of phenols is 2. The van der Waals surface area contributed by atoms with Gasteiger partial charge in [-0.15, -0.1) is 0 Å². The van der Waals surface area contributed by atoms with Gasteiger partial charge in [-0.3, -0.25) is 9.59 Å². The largest absolute Gasteiger partial charge is 0.504 e. The monoisotopic (exact) mass is 600 g/mol. The molecule has 6 rings (SSSR count). The van der Waals surface area contributed by atoms with Crippen LogP contribution < -0.4 is 28.4 Å². The molecule has 0 bridgehead atoms. The van der Waals surface area contributed by atoms with Gasteiger partial charge >= 0.3 is 11.9 Å². The molecule has 0 saturated carbocycles. The molecule has 0 amide bonds. The molecule has 44 heavy (non-hydrogen) atoms. The Kier molecular flexibility index (Phi) is 8.80. The van der Waals surface area contributed by atoms with Crippen LogP contribution in [0.2, 0.25) is 0 Å². The number of esters is 2. The molecule has 2 aliphatic heterocycles.